The summed E-state index contributed by atoms with van der Waals surface area (Å²) in [7, 11) is 0. The standard InChI is InChI=1S/C19H17F3N4/c1-12-5-3-4-6-16(12)25-18-23-13(2)11-17(26-18)24-15-9-7-14(8-10-15)19(20,21)22/h3-11H,1-2H3,(H2,23,24,25,26). The van der Waals surface area contributed by atoms with E-state index >= 15 is 0 Å². The van der Waals surface area contributed by atoms with Crippen LogP contribution in [-0.2, 0) is 6.18 Å². The Morgan fingerprint density at radius 3 is 2.19 bits per heavy atom. The number of hydrogen-bond donors (Lipinski definition) is 2. The maximum atomic E-state index is 12.6. The molecule has 0 amide bonds. The highest BCUT2D eigenvalue weighted by Crippen LogP contribution is 2.30. The molecule has 26 heavy (non-hydrogen) atoms. The van der Waals surface area contributed by atoms with Crippen molar-refractivity contribution in [2.24, 2.45) is 0 Å². The second-order valence-corrected chi connectivity index (χ2v) is 5.86. The molecule has 2 aromatic carbocycles. The second-order valence-electron chi connectivity index (χ2n) is 5.86. The molecule has 0 aliphatic carbocycles. The van der Waals surface area contributed by atoms with Crippen molar-refractivity contribution in [2.75, 3.05) is 10.6 Å². The third-order valence-electron chi connectivity index (χ3n) is 3.73. The molecule has 0 spiro atoms. The average molecular weight is 358 g/mol. The van der Waals surface area contributed by atoms with Gasteiger partial charge in [-0.1, -0.05) is 18.2 Å². The molecule has 0 aliphatic heterocycles. The van der Waals surface area contributed by atoms with E-state index in [0.717, 1.165) is 29.1 Å². The van der Waals surface area contributed by atoms with E-state index in [-0.39, 0.29) is 0 Å². The molecule has 0 atom stereocenters. The van der Waals surface area contributed by atoms with Crippen LogP contribution in [-0.4, -0.2) is 9.97 Å². The Kier molecular flexibility index (Phi) is 4.79. The molecule has 3 aromatic rings. The van der Waals surface area contributed by atoms with E-state index in [1.54, 1.807) is 6.07 Å². The molecule has 0 radical (unpaired) electrons. The maximum Gasteiger partial charge on any atom is 0.416 e. The highest BCUT2D eigenvalue weighted by molar-refractivity contribution is 5.62. The van der Waals surface area contributed by atoms with Crippen molar-refractivity contribution < 1.29 is 13.2 Å². The first-order valence-electron chi connectivity index (χ1n) is 7.94. The third-order valence-corrected chi connectivity index (χ3v) is 3.73. The zero-order valence-electron chi connectivity index (χ0n) is 14.2. The molecule has 3 rings (SSSR count). The number of rotatable bonds is 4. The lowest BCUT2D eigenvalue weighted by atomic mass is 10.2. The van der Waals surface area contributed by atoms with Crippen LogP contribution in [0.4, 0.5) is 36.3 Å². The Bertz CT molecular complexity index is 905. The van der Waals surface area contributed by atoms with Crippen molar-refractivity contribution in [3.8, 4) is 0 Å². The van der Waals surface area contributed by atoms with Crippen LogP contribution in [0.5, 0.6) is 0 Å². The van der Waals surface area contributed by atoms with Gasteiger partial charge in [0.05, 0.1) is 5.56 Å². The molecular formula is C19H17F3N4. The van der Waals surface area contributed by atoms with E-state index < -0.39 is 11.7 Å². The van der Waals surface area contributed by atoms with Crippen molar-refractivity contribution >= 4 is 23.1 Å². The predicted octanol–water partition coefficient (Wildman–Crippen LogP) is 5.60. The molecule has 1 aromatic heterocycles. The van der Waals surface area contributed by atoms with Crippen LogP contribution in [0.1, 0.15) is 16.8 Å². The normalized spacial score (nSPS) is 11.3. The lowest BCUT2D eigenvalue weighted by Gasteiger charge is -2.12. The Morgan fingerprint density at radius 2 is 1.54 bits per heavy atom. The summed E-state index contributed by atoms with van der Waals surface area (Å²) >= 11 is 0. The molecule has 0 unspecified atom stereocenters. The van der Waals surface area contributed by atoms with E-state index in [9.17, 15) is 13.2 Å². The van der Waals surface area contributed by atoms with Crippen LogP contribution in [0.3, 0.4) is 0 Å². The fourth-order valence-corrected chi connectivity index (χ4v) is 2.41. The summed E-state index contributed by atoms with van der Waals surface area (Å²) in [5.41, 5.74) is 2.49. The Hall–Kier alpha value is -3.09. The fourth-order valence-electron chi connectivity index (χ4n) is 2.41. The highest BCUT2D eigenvalue weighted by Gasteiger charge is 2.29. The lowest BCUT2D eigenvalue weighted by Crippen LogP contribution is -2.05. The summed E-state index contributed by atoms with van der Waals surface area (Å²) in [6.45, 7) is 3.79. The smallest absolute Gasteiger partial charge is 0.340 e. The van der Waals surface area contributed by atoms with Crippen LogP contribution in [0.15, 0.2) is 54.6 Å². The Morgan fingerprint density at radius 1 is 0.846 bits per heavy atom. The topological polar surface area (TPSA) is 49.8 Å². The van der Waals surface area contributed by atoms with Crippen molar-refractivity contribution in [1.29, 1.82) is 0 Å². The molecule has 134 valence electrons. The number of anilines is 4. The van der Waals surface area contributed by atoms with Crippen molar-refractivity contribution in [3.05, 3.63) is 71.4 Å². The van der Waals surface area contributed by atoms with Gasteiger partial charge in [0.2, 0.25) is 5.95 Å². The first-order chi connectivity index (χ1) is 12.3. The van der Waals surface area contributed by atoms with Crippen molar-refractivity contribution in [3.63, 3.8) is 0 Å². The van der Waals surface area contributed by atoms with Gasteiger partial charge < -0.3 is 10.6 Å². The number of aryl methyl sites for hydroxylation is 2. The molecule has 2 N–H and O–H groups in total. The highest BCUT2D eigenvalue weighted by atomic mass is 19.4. The van der Waals surface area contributed by atoms with Gasteiger partial charge in [-0.25, -0.2) is 4.98 Å². The van der Waals surface area contributed by atoms with Crippen LogP contribution in [0.25, 0.3) is 0 Å². The summed E-state index contributed by atoms with van der Waals surface area (Å²) in [5, 5.41) is 6.16. The molecular weight excluding hydrogens is 341 g/mol. The quantitative estimate of drug-likeness (QED) is 0.637. The minimum absolute atomic E-state index is 0.411. The second kappa shape index (κ2) is 7.03. The van der Waals surface area contributed by atoms with Gasteiger partial charge in [-0.3, -0.25) is 0 Å². The monoisotopic (exact) mass is 358 g/mol. The van der Waals surface area contributed by atoms with Crippen LogP contribution < -0.4 is 10.6 Å². The van der Waals surface area contributed by atoms with Crippen molar-refractivity contribution in [1.82, 2.24) is 9.97 Å². The molecule has 0 saturated heterocycles. The maximum absolute atomic E-state index is 12.6. The largest absolute Gasteiger partial charge is 0.416 e. The van der Waals surface area contributed by atoms with Gasteiger partial charge in [0, 0.05) is 23.1 Å². The lowest BCUT2D eigenvalue weighted by molar-refractivity contribution is -0.137. The SMILES string of the molecule is Cc1cc(Nc2ccc(C(F)(F)F)cc2)nc(Nc2ccccc2C)n1. The Labute approximate surface area is 149 Å². The van der Waals surface area contributed by atoms with Gasteiger partial charge >= 0.3 is 6.18 Å². The van der Waals surface area contributed by atoms with Gasteiger partial charge in [0.25, 0.3) is 0 Å². The van der Waals surface area contributed by atoms with Crippen LogP contribution in [0, 0.1) is 13.8 Å². The van der Waals surface area contributed by atoms with E-state index in [2.05, 4.69) is 20.6 Å². The van der Waals surface area contributed by atoms with Gasteiger partial charge in [0.1, 0.15) is 5.82 Å². The van der Waals surface area contributed by atoms with Gasteiger partial charge in [-0.2, -0.15) is 18.2 Å². The molecule has 1 heterocycles. The number of nitrogens with one attached hydrogen (secondary N) is 2. The van der Waals surface area contributed by atoms with E-state index in [1.807, 2.05) is 38.1 Å². The number of aromatic nitrogens is 2. The van der Waals surface area contributed by atoms with Gasteiger partial charge in [0.15, 0.2) is 0 Å². The summed E-state index contributed by atoms with van der Waals surface area (Å²) in [5.74, 6) is 0.905. The minimum atomic E-state index is -4.35. The zero-order valence-corrected chi connectivity index (χ0v) is 14.2. The first-order valence-corrected chi connectivity index (χ1v) is 7.94. The van der Waals surface area contributed by atoms with E-state index in [1.165, 1.54) is 12.1 Å². The zero-order chi connectivity index (χ0) is 18.7. The predicted molar refractivity (Wildman–Crippen MR) is 96.0 cm³/mol. The van der Waals surface area contributed by atoms with Crippen molar-refractivity contribution in [2.45, 2.75) is 20.0 Å². The fraction of sp³-hybridized carbons (Fsp3) is 0.158. The van der Waals surface area contributed by atoms with Crippen LogP contribution in [0.2, 0.25) is 0 Å². The molecule has 7 heteroatoms. The average Bonchev–Trinajstić information content (AvgIpc) is 2.56. The number of nitrogens with zero attached hydrogens (tertiary/aromatic N) is 2. The summed E-state index contributed by atoms with van der Waals surface area (Å²) < 4.78 is 37.9. The molecule has 0 aliphatic rings. The van der Waals surface area contributed by atoms with Crippen LogP contribution >= 0.6 is 0 Å². The van der Waals surface area contributed by atoms with E-state index in [0.29, 0.717) is 17.5 Å². The number of hydrogen-bond acceptors (Lipinski definition) is 4. The molecule has 0 bridgehead atoms. The summed E-state index contributed by atoms with van der Waals surface area (Å²) in [4.78, 5) is 8.73. The number of para-hydroxylation sites is 1. The number of halogens is 3. The summed E-state index contributed by atoms with van der Waals surface area (Å²) in [6.07, 6.45) is -4.35. The molecule has 0 saturated carbocycles. The van der Waals surface area contributed by atoms with E-state index in [4.69, 9.17) is 0 Å². The molecule has 4 nitrogen and oxygen atoms in total. The summed E-state index contributed by atoms with van der Waals surface area (Å²) in [6, 6.07) is 14.3. The third kappa shape index (κ3) is 4.30. The van der Waals surface area contributed by atoms with Gasteiger partial charge in [-0.15, -0.1) is 0 Å². The minimum Gasteiger partial charge on any atom is -0.340 e. The van der Waals surface area contributed by atoms with Gasteiger partial charge in [-0.05, 0) is 49.7 Å². The first kappa shape index (κ1) is 17.7. The Balaban J connectivity index is 1.80. The number of alkyl halides is 3. The molecule has 0 fully saturated rings. The number of benzene rings is 2.